The van der Waals surface area contributed by atoms with Crippen LogP contribution in [0.25, 0.3) is 0 Å². The number of quaternary nitrogens is 1. The van der Waals surface area contributed by atoms with E-state index in [9.17, 15) is 18.3 Å². The van der Waals surface area contributed by atoms with Crippen molar-refractivity contribution in [1.29, 1.82) is 0 Å². The van der Waals surface area contributed by atoms with Gasteiger partial charge in [-0.05, 0) is 31.9 Å². The molecular formula is C20H31N2O6S+. The molecule has 0 aliphatic carbocycles. The molecule has 2 atom stereocenters. The minimum atomic E-state index is -3.57. The third-order valence-corrected chi connectivity index (χ3v) is 7.40. The summed E-state index contributed by atoms with van der Waals surface area (Å²) in [5.74, 6) is -0.0931. The second-order valence-electron chi connectivity index (χ2n) is 7.77. The fourth-order valence-electron chi connectivity index (χ4n) is 3.76. The molecule has 1 aromatic carbocycles. The Kier molecular flexibility index (Phi) is 7.78. The van der Waals surface area contributed by atoms with Crippen molar-refractivity contribution in [2.45, 2.75) is 36.9 Å². The summed E-state index contributed by atoms with van der Waals surface area (Å²) in [6.07, 6.45) is 1.64. The first-order valence-corrected chi connectivity index (χ1v) is 11.6. The summed E-state index contributed by atoms with van der Waals surface area (Å²) in [6, 6.07) is 6.06. The number of hydrogen-bond donors (Lipinski definition) is 2. The van der Waals surface area contributed by atoms with E-state index >= 15 is 0 Å². The lowest BCUT2D eigenvalue weighted by Gasteiger charge is -2.32. The number of Topliss-reactive ketones (excluding diaryl/α,β-unsaturated/α-hetero) is 1. The van der Waals surface area contributed by atoms with Crippen LogP contribution in [0.15, 0.2) is 29.2 Å². The first-order chi connectivity index (χ1) is 13.9. The van der Waals surface area contributed by atoms with Gasteiger partial charge in [-0.2, -0.15) is 4.31 Å². The monoisotopic (exact) mass is 427 g/mol. The summed E-state index contributed by atoms with van der Waals surface area (Å²) >= 11 is 0. The number of carbonyl (C=O) groups is 1. The SMILES string of the molecule is CC(=O)c1ccc(S(=O)(=O)N2CC[NH+](C[C@H](O)COC[C@@H]3CCCO3)CC2)cc1. The standard InChI is InChI=1S/C20H30N2O6S/c1-16(23)17-4-6-20(7-5-17)29(25,26)22-10-8-21(9-11-22)13-18(24)14-27-15-19-3-2-12-28-19/h4-7,18-19,24H,2-3,8-15H2,1H3/p+1/t18-,19-/m0/s1. The largest absolute Gasteiger partial charge is 0.385 e. The molecule has 2 heterocycles. The van der Waals surface area contributed by atoms with E-state index in [2.05, 4.69) is 0 Å². The Hall–Kier alpha value is -1.36. The number of aliphatic hydroxyl groups is 1. The molecule has 2 saturated heterocycles. The summed E-state index contributed by atoms with van der Waals surface area (Å²) in [6.45, 7) is 5.62. The van der Waals surface area contributed by atoms with Gasteiger partial charge in [0.2, 0.25) is 10.0 Å². The highest BCUT2D eigenvalue weighted by Crippen LogP contribution is 2.17. The van der Waals surface area contributed by atoms with E-state index in [4.69, 9.17) is 9.47 Å². The Balaban J connectivity index is 1.43. The molecule has 3 rings (SSSR count). The second kappa shape index (κ2) is 10.1. The van der Waals surface area contributed by atoms with Crippen LogP contribution in [0.4, 0.5) is 0 Å². The van der Waals surface area contributed by atoms with Crippen LogP contribution in [0.5, 0.6) is 0 Å². The van der Waals surface area contributed by atoms with Crippen LogP contribution >= 0.6 is 0 Å². The molecule has 2 aliphatic heterocycles. The molecule has 1 aromatic rings. The first kappa shape index (κ1) is 22.3. The highest BCUT2D eigenvalue weighted by atomic mass is 32.2. The van der Waals surface area contributed by atoms with Gasteiger partial charge < -0.3 is 19.5 Å². The first-order valence-electron chi connectivity index (χ1n) is 10.2. The average molecular weight is 428 g/mol. The van der Waals surface area contributed by atoms with E-state index in [0.29, 0.717) is 44.9 Å². The van der Waals surface area contributed by atoms with Gasteiger partial charge >= 0.3 is 0 Å². The predicted octanol–water partition coefficient (Wildman–Crippen LogP) is -0.665. The van der Waals surface area contributed by atoms with Crippen LogP contribution in [-0.4, -0.2) is 88.4 Å². The smallest absolute Gasteiger partial charge is 0.243 e. The number of rotatable bonds is 9. The molecule has 0 bridgehead atoms. The Morgan fingerprint density at radius 2 is 2.00 bits per heavy atom. The van der Waals surface area contributed by atoms with Gasteiger partial charge in [0.05, 0.1) is 50.4 Å². The maximum atomic E-state index is 12.8. The number of sulfonamides is 1. The molecule has 29 heavy (non-hydrogen) atoms. The fourth-order valence-corrected chi connectivity index (χ4v) is 5.20. The average Bonchev–Trinajstić information content (AvgIpc) is 3.22. The van der Waals surface area contributed by atoms with E-state index in [1.54, 1.807) is 12.1 Å². The molecule has 0 radical (unpaired) electrons. The Morgan fingerprint density at radius 1 is 1.31 bits per heavy atom. The number of nitrogens with one attached hydrogen (secondary N) is 1. The highest BCUT2D eigenvalue weighted by Gasteiger charge is 2.31. The van der Waals surface area contributed by atoms with Gasteiger partial charge in [-0.3, -0.25) is 4.79 Å². The van der Waals surface area contributed by atoms with E-state index in [1.165, 1.54) is 23.4 Å². The molecule has 0 saturated carbocycles. The van der Waals surface area contributed by atoms with Crippen LogP contribution in [0.1, 0.15) is 30.1 Å². The van der Waals surface area contributed by atoms with Crippen molar-refractivity contribution in [2.24, 2.45) is 0 Å². The zero-order chi connectivity index (χ0) is 20.9. The summed E-state index contributed by atoms with van der Waals surface area (Å²) in [5, 5.41) is 10.2. The number of benzene rings is 1. The van der Waals surface area contributed by atoms with Crippen molar-refractivity contribution in [3.8, 4) is 0 Å². The fraction of sp³-hybridized carbons (Fsp3) is 0.650. The zero-order valence-corrected chi connectivity index (χ0v) is 17.7. The lowest BCUT2D eigenvalue weighted by atomic mass is 10.2. The molecule has 2 aliphatic rings. The minimum absolute atomic E-state index is 0.0931. The molecular weight excluding hydrogens is 396 g/mol. The van der Waals surface area contributed by atoms with Crippen molar-refractivity contribution < 1.29 is 32.7 Å². The van der Waals surface area contributed by atoms with Gasteiger partial charge in [-0.1, -0.05) is 12.1 Å². The zero-order valence-electron chi connectivity index (χ0n) is 16.9. The second-order valence-corrected chi connectivity index (χ2v) is 9.70. The number of ether oxygens (including phenoxy) is 2. The van der Waals surface area contributed by atoms with Gasteiger partial charge in [0.1, 0.15) is 12.6 Å². The summed E-state index contributed by atoms with van der Waals surface area (Å²) < 4.78 is 38.2. The number of aliphatic hydroxyl groups excluding tert-OH is 1. The third-order valence-electron chi connectivity index (χ3n) is 5.49. The van der Waals surface area contributed by atoms with Gasteiger partial charge in [0.25, 0.3) is 0 Å². The Labute approximate surface area is 172 Å². The summed E-state index contributed by atoms with van der Waals surface area (Å²) in [5.41, 5.74) is 0.494. The molecule has 0 unspecified atom stereocenters. The molecule has 2 fully saturated rings. The summed E-state index contributed by atoms with van der Waals surface area (Å²) in [4.78, 5) is 12.7. The third kappa shape index (κ3) is 6.07. The van der Waals surface area contributed by atoms with Crippen LogP contribution in [0.3, 0.4) is 0 Å². The molecule has 0 amide bonds. The number of nitrogens with zero attached hydrogens (tertiary/aromatic N) is 1. The molecule has 8 nitrogen and oxygen atoms in total. The lowest BCUT2D eigenvalue weighted by molar-refractivity contribution is -0.906. The van der Waals surface area contributed by atoms with E-state index in [1.807, 2.05) is 0 Å². The predicted molar refractivity (Wildman–Crippen MR) is 107 cm³/mol. The maximum absolute atomic E-state index is 12.8. The normalized spacial score (nSPS) is 22.6. The maximum Gasteiger partial charge on any atom is 0.243 e. The van der Waals surface area contributed by atoms with Crippen LogP contribution < -0.4 is 4.90 Å². The molecule has 0 aromatic heterocycles. The van der Waals surface area contributed by atoms with Crippen LogP contribution in [0.2, 0.25) is 0 Å². The lowest BCUT2D eigenvalue weighted by Crippen LogP contribution is -3.15. The van der Waals surface area contributed by atoms with E-state index < -0.39 is 16.1 Å². The van der Waals surface area contributed by atoms with Crippen molar-refractivity contribution >= 4 is 15.8 Å². The minimum Gasteiger partial charge on any atom is -0.385 e. The van der Waals surface area contributed by atoms with Crippen molar-refractivity contribution in [3.63, 3.8) is 0 Å². The van der Waals surface area contributed by atoms with Crippen LogP contribution in [-0.2, 0) is 19.5 Å². The number of ketones is 1. The van der Waals surface area contributed by atoms with Crippen molar-refractivity contribution in [3.05, 3.63) is 29.8 Å². The van der Waals surface area contributed by atoms with Gasteiger partial charge in [-0.25, -0.2) is 8.42 Å². The van der Waals surface area contributed by atoms with Gasteiger partial charge in [-0.15, -0.1) is 0 Å². The van der Waals surface area contributed by atoms with Crippen molar-refractivity contribution in [1.82, 2.24) is 4.31 Å². The molecule has 2 N–H and O–H groups in total. The highest BCUT2D eigenvalue weighted by molar-refractivity contribution is 7.89. The van der Waals surface area contributed by atoms with Crippen LogP contribution in [0, 0.1) is 0 Å². The summed E-state index contributed by atoms with van der Waals surface area (Å²) in [7, 11) is -3.57. The Bertz CT molecular complexity index is 769. The van der Waals surface area contributed by atoms with Gasteiger partial charge in [0.15, 0.2) is 5.78 Å². The van der Waals surface area contributed by atoms with Crippen molar-refractivity contribution in [2.75, 3.05) is 52.5 Å². The van der Waals surface area contributed by atoms with Gasteiger partial charge in [0, 0.05) is 12.2 Å². The molecule has 162 valence electrons. The van der Waals surface area contributed by atoms with E-state index in [-0.39, 0.29) is 23.4 Å². The number of hydrogen-bond acceptors (Lipinski definition) is 6. The Morgan fingerprint density at radius 3 is 2.59 bits per heavy atom. The topological polar surface area (TPSA) is 97.6 Å². The molecule has 0 spiro atoms. The molecule has 9 heteroatoms. The quantitative estimate of drug-likeness (QED) is 0.508. The van der Waals surface area contributed by atoms with E-state index in [0.717, 1.165) is 24.3 Å². The number of carbonyl (C=O) groups excluding carboxylic acids is 1. The number of piperazine rings is 1.